The van der Waals surface area contributed by atoms with Crippen molar-refractivity contribution in [3.05, 3.63) is 100 Å². The highest BCUT2D eigenvalue weighted by Crippen LogP contribution is 2.44. The van der Waals surface area contributed by atoms with Crippen molar-refractivity contribution in [2.75, 3.05) is 4.90 Å². The fourth-order valence-corrected chi connectivity index (χ4v) is 5.08. The fraction of sp³-hybridized carbons (Fsp3) is 0.0800. The SMILES string of the molecule is Cc1ccc2nc(N3C(=O)C(=O)/C(=C(/O)c4ccc(Cl)cc4)C3c3ccccc3)sc2c1. The zero-order valence-corrected chi connectivity index (χ0v) is 18.5. The first-order valence-electron chi connectivity index (χ1n) is 9.93. The zero-order chi connectivity index (χ0) is 22.4. The minimum absolute atomic E-state index is 0.0268. The molecule has 0 radical (unpaired) electrons. The number of aryl methyl sites for hydroxylation is 1. The first-order chi connectivity index (χ1) is 15.4. The average molecular weight is 461 g/mol. The van der Waals surface area contributed by atoms with Crippen LogP contribution in [0.3, 0.4) is 0 Å². The number of hydrogen-bond donors (Lipinski definition) is 1. The second-order valence-electron chi connectivity index (χ2n) is 7.55. The highest BCUT2D eigenvalue weighted by Gasteiger charge is 2.48. The van der Waals surface area contributed by atoms with Crippen molar-refractivity contribution < 1.29 is 14.7 Å². The summed E-state index contributed by atoms with van der Waals surface area (Å²) in [5, 5.41) is 12.0. The van der Waals surface area contributed by atoms with Gasteiger partial charge in [0.1, 0.15) is 5.76 Å². The van der Waals surface area contributed by atoms with Gasteiger partial charge in [0.15, 0.2) is 5.13 Å². The van der Waals surface area contributed by atoms with Crippen LogP contribution in [0, 0.1) is 6.92 Å². The van der Waals surface area contributed by atoms with E-state index in [1.54, 1.807) is 24.3 Å². The van der Waals surface area contributed by atoms with E-state index in [9.17, 15) is 14.7 Å². The minimum atomic E-state index is -0.798. The molecule has 1 fully saturated rings. The molecule has 0 spiro atoms. The summed E-state index contributed by atoms with van der Waals surface area (Å²) in [5.41, 5.74) is 2.98. The van der Waals surface area contributed by atoms with E-state index < -0.39 is 17.7 Å². The van der Waals surface area contributed by atoms with Gasteiger partial charge in [0.05, 0.1) is 21.8 Å². The normalized spacial score (nSPS) is 17.9. The van der Waals surface area contributed by atoms with Crippen LogP contribution < -0.4 is 4.90 Å². The second kappa shape index (κ2) is 7.89. The van der Waals surface area contributed by atoms with Crippen molar-refractivity contribution in [1.82, 2.24) is 4.98 Å². The van der Waals surface area contributed by atoms with Gasteiger partial charge in [-0.1, -0.05) is 59.3 Å². The summed E-state index contributed by atoms with van der Waals surface area (Å²) in [6.45, 7) is 1.99. The number of hydrogen-bond acceptors (Lipinski definition) is 5. The first-order valence-corrected chi connectivity index (χ1v) is 11.1. The number of ketones is 1. The molecule has 5 rings (SSSR count). The van der Waals surface area contributed by atoms with Crippen LogP contribution in [0.2, 0.25) is 5.02 Å². The molecule has 1 aliphatic heterocycles. The third-order valence-electron chi connectivity index (χ3n) is 5.42. The Hall–Kier alpha value is -3.48. The van der Waals surface area contributed by atoms with Crippen molar-refractivity contribution in [3.8, 4) is 0 Å². The summed E-state index contributed by atoms with van der Waals surface area (Å²) in [5.74, 6) is -1.71. The lowest BCUT2D eigenvalue weighted by Gasteiger charge is -2.22. The number of aliphatic hydroxyl groups excluding tert-OH is 1. The first kappa shape index (κ1) is 20.4. The van der Waals surface area contributed by atoms with Gasteiger partial charge in [0.25, 0.3) is 5.78 Å². The van der Waals surface area contributed by atoms with Crippen molar-refractivity contribution in [1.29, 1.82) is 0 Å². The summed E-state index contributed by atoms with van der Waals surface area (Å²) in [6, 6.07) is 20.7. The van der Waals surface area contributed by atoms with Gasteiger partial charge in [0, 0.05) is 10.6 Å². The molecule has 158 valence electrons. The van der Waals surface area contributed by atoms with E-state index in [0.29, 0.717) is 21.3 Å². The van der Waals surface area contributed by atoms with E-state index in [2.05, 4.69) is 4.98 Å². The Morgan fingerprint density at radius 1 is 1.03 bits per heavy atom. The molecule has 1 aliphatic rings. The highest BCUT2D eigenvalue weighted by molar-refractivity contribution is 7.22. The smallest absolute Gasteiger partial charge is 0.301 e. The van der Waals surface area contributed by atoms with Crippen LogP contribution in [0.1, 0.15) is 22.7 Å². The predicted octanol–water partition coefficient (Wildman–Crippen LogP) is 5.88. The molecule has 1 amide bonds. The number of anilines is 1. The molecule has 1 aromatic heterocycles. The van der Waals surface area contributed by atoms with Gasteiger partial charge >= 0.3 is 5.91 Å². The average Bonchev–Trinajstić information content (AvgIpc) is 3.32. The van der Waals surface area contributed by atoms with E-state index in [1.807, 2.05) is 55.5 Å². The van der Waals surface area contributed by atoms with Crippen LogP contribution in [-0.4, -0.2) is 21.8 Å². The predicted molar refractivity (Wildman–Crippen MR) is 127 cm³/mol. The molecule has 2 heterocycles. The van der Waals surface area contributed by atoms with E-state index in [-0.39, 0.29) is 11.3 Å². The van der Waals surface area contributed by atoms with Crippen LogP contribution >= 0.6 is 22.9 Å². The third-order valence-corrected chi connectivity index (χ3v) is 6.69. The number of benzene rings is 3. The number of halogens is 1. The molecule has 1 atom stereocenters. The third kappa shape index (κ3) is 3.38. The highest BCUT2D eigenvalue weighted by atomic mass is 35.5. The molecule has 5 nitrogen and oxygen atoms in total. The number of nitrogens with zero attached hydrogens (tertiary/aromatic N) is 2. The molecule has 0 aliphatic carbocycles. The number of amides is 1. The van der Waals surface area contributed by atoms with Gasteiger partial charge in [0.2, 0.25) is 0 Å². The molecule has 1 saturated heterocycles. The minimum Gasteiger partial charge on any atom is -0.507 e. The molecular formula is C25H17ClN2O3S. The maximum Gasteiger partial charge on any atom is 0.301 e. The molecule has 0 bridgehead atoms. The van der Waals surface area contributed by atoms with Crippen LogP contribution in [0.15, 0.2) is 78.4 Å². The van der Waals surface area contributed by atoms with Gasteiger partial charge in [-0.2, -0.15) is 0 Å². The van der Waals surface area contributed by atoms with Gasteiger partial charge in [-0.3, -0.25) is 14.5 Å². The summed E-state index contributed by atoms with van der Waals surface area (Å²) in [4.78, 5) is 32.4. The Kier molecular flexibility index (Phi) is 5.04. The largest absolute Gasteiger partial charge is 0.507 e. The Balaban J connectivity index is 1.72. The van der Waals surface area contributed by atoms with Gasteiger partial charge in [-0.15, -0.1) is 0 Å². The lowest BCUT2D eigenvalue weighted by molar-refractivity contribution is -0.132. The van der Waals surface area contributed by atoms with Crippen LogP contribution in [0.5, 0.6) is 0 Å². The number of carbonyl (C=O) groups is 2. The maximum atomic E-state index is 13.2. The molecule has 1 unspecified atom stereocenters. The van der Waals surface area contributed by atoms with Crippen LogP contribution in [-0.2, 0) is 9.59 Å². The number of fused-ring (bicyclic) bond motifs is 1. The molecule has 3 aromatic carbocycles. The zero-order valence-electron chi connectivity index (χ0n) is 16.9. The number of rotatable bonds is 3. The summed E-state index contributed by atoms with van der Waals surface area (Å²) in [6.07, 6.45) is 0. The Bertz CT molecular complexity index is 1390. The monoisotopic (exact) mass is 460 g/mol. The quantitative estimate of drug-likeness (QED) is 0.235. The molecule has 7 heteroatoms. The topological polar surface area (TPSA) is 70.5 Å². The van der Waals surface area contributed by atoms with E-state index in [0.717, 1.165) is 15.8 Å². The van der Waals surface area contributed by atoms with Gasteiger partial charge in [-0.25, -0.2) is 4.98 Å². The van der Waals surface area contributed by atoms with Gasteiger partial charge in [-0.05, 0) is 54.4 Å². The van der Waals surface area contributed by atoms with E-state index >= 15 is 0 Å². The summed E-state index contributed by atoms with van der Waals surface area (Å²) < 4.78 is 0.923. The van der Waals surface area contributed by atoms with Crippen LogP contribution in [0.25, 0.3) is 16.0 Å². The Morgan fingerprint density at radius 2 is 1.75 bits per heavy atom. The lowest BCUT2D eigenvalue weighted by Crippen LogP contribution is -2.29. The number of aliphatic hydroxyl groups is 1. The summed E-state index contributed by atoms with van der Waals surface area (Å²) >= 11 is 7.32. The second-order valence-corrected chi connectivity index (χ2v) is 9.00. The molecule has 1 N–H and O–H groups in total. The summed E-state index contributed by atoms with van der Waals surface area (Å²) in [7, 11) is 0. The molecule has 0 saturated carbocycles. The van der Waals surface area contributed by atoms with Gasteiger partial charge < -0.3 is 5.11 Å². The van der Waals surface area contributed by atoms with Crippen molar-refractivity contribution in [3.63, 3.8) is 0 Å². The van der Waals surface area contributed by atoms with Crippen molar-refractivity contribution in [2.24, 2.45) is 0 Å². The molecule has 4 aromatic rings. The number of aromatic nitrogens is 1. The van der Waals surface area contributed by atoms with Crippen molar-refractivity contribution in [2.45, 2.75) is 13.0 Å². The number of carbonyl (C=O) groups excluding carboxylic acids is 2. The van der Waals surface area contributed by atoms with Crippen molar-refractivity contribution >= 4 is 55.7 Å². The number of Topliss-reactive ketones (excluding diaryl/α,β-unsaturated/α-hetero) is 1. The Morgan fingerprint density at radius 3 is 2.47 bits per heavy atom. The van der Waals surface area contributed by atoms with Crippen LogP contribution in [0.4, 0.5) is 5.13 Å². The van der Waals surface area contributed by atoms with E-state index in [4.69, 9.17) is 11.6 Å². The lowest BCUT2D eigenvalue weighted by atomic mass is 9.95. The molecule has 32 heavy (non-hydrogen) atoms. The Labute approximate surface area is 193 Å². The number of thiazole rings is 1. The maximum absolute atomic E-state index is 13.2. The molecular weight excluding hydrogens is 444 g/mol. The fourth-order valence-electron chi connectivity index (χ4n) is 3.87. The van der Waals surface area contributed by atoms with E-state index in [1.165, 1.54) is 16.2 Å². The standard InChI is InChI=1S/C25H17ClN2O3S/c1-14-7-12-18-19(13-14)32-25(27-18)28-21(15-5-3-2-4-6-15)20(23(30)24(28)31)22(29)16-8-10-17(26)11-9-16/h2-13,21,29H,1H3/b22-20+.